The van der Waals surface area contributed by atoms with Gasteiger partial charge in [-0.2, -0.15) is 0 Å². The number of rotatable bonds is 3. The van der Waals surface area contributed by atoms with E-state index >= 15 is 0 Å². The van der Waals surface area contributed by atoms with Crippen molar-refractivity contribution < 1.29 is 0 Å². The number of hydrogen-bond donors (Lipinski definition) is 2. The number of nitrogens with zero attached hydrogens (tertiary/aromatic N) is 4. The SMILES string of the molecule is CC1CN=C(NCCn2ccnn2)N1. The Kier molecular flexibility index (Phi) is 2.62. The minimum absolute atomic E-state index is 0.448. The minimum Gasteiger partial charge on any atom is -0.355 e. The molecule has 1 aromatic rings. The Bertz CT molecular complexity index is 304. The Morgan fingerprint density at radius 2 is 2.64 bits per heavy atom. The maximum absolute atomic E-state index is 4.28. The number of guanidine groups is 1. The second-order valence-electron chi connectivity index (χ2n) is 3.33. The van der Waals surface area contributed by atoms with Crippen molar-refractivity contribution in [3.63, 3.8) is 0 Å². The van der Waals surface area contributed by atoms with Crippen molar-refractivity contribution in [2.45, 2.75) is 19.5 Å². The van der Waals surface area contributed by atoms with Crippen molar-refractivity contribution in [2.75, 3.05) is 13.1 Å². The topological polar surface area (TPSA) is 67.1 Å². The summed E-state index contributed by atoms with van der Waals surface area (Å²) in [4.78, 5) is 4.28. The fraction of sp³-hybridized carbons (Fsp3) is 0.625. The number of aromatic nitrogens is 3. The number of hydrogen-bond acceptors (Lipinski definition) is 5. The summed E-state index contributed by atoms with van der Waals surface area (Å²) in [6.45, 7) is 4.57. The molecule has 76 valence electrons. The molecule has 1 atom stereocenters. The van der Waals surface area contributed by atoms with Crippen LogP contribution >= 0.6 is 0 Å². The lowest BCUT2D eigenvalue weighted by molar-refractivity contribution is 0.576. The van der Waals surface area contributed by atoms with Crippen LogP contribution in [0.3, 0.4) is 0 Å². The molecule has 1 aromatic heterocycles. The molecule has 1 aliphatic heterocycles. The van der Waals surface area contributed by atoms with Gasteiger partial charge in [0, 0.05) is 18.8 Å². The van der Waals surface area contributed by atoms with E-state index in [-0.39, 0.29) is 0 Å². The first kappa shape index (κ1) is 8.98. The lowest BCUT2D eigenvalue weighted by Gasteiger charge is -2.08. The first-order valence-corrected chi connectivity index (χ1v) is 4.73. The second-order valence-corrected chi connectivity index (χ2v) is 3.33. The van der Waals surface area contributed by atoms with Gasteiger partial charge in [0.15, 0.2) is 5.96 Å². The van der Waals surface area contributed by atoms with Gasteiger partial charge in [0.25, 0.3) is 0 Å². The highest BCUT2D eigenvalue weighted by Crippen LogP contribution is 1.91. The highest BCUT2D eigenvalue weighted by atomic mass is 15.4. The summed E-state index contributed by atoms with van der Waals surface area (Å²) in [6, 6.07) is 0.448. The molecule has 6 nitrogen and oxygen atoms in total. The zero-order chi connectivity index (χ0) is 9.80. The third kappa shape index (κ3) is 2.21. The van der Waals surface area contributed by atoms with Gasteiger partial charge in [0.1, 0.15) is 0 Å². The smallest absolute Gasteiger partial charge is 0.191 e. The van der Waals surface area contributed by atoms with E-state index in [0.29, 0.717) is 6.04 Å². The molecule has 0 saturated heterocycles. The Morgan fingerprint density at radius 1 is 1.71 bits per heavy atom. The van der Waals surface area contributed by atoms with Gasteiger partial charge >= 0.3 is 0 Å². The van der Waals surface area contributed by atoms with Crippen LogP contribution in [0.15, 0.2) is 17.4 Å². The molecule has 0 amide bonds. The average molecular weight is 194 g/mol. The largest absolute Gasteiger partial charge is 0.355 e. The van der Waals surface area contributed by atoms with E-state index in [4.69, 9.17) is 0 Å². The molecule has 1 aliphatic rings. The number of aliphatic imine (C=N–C) groups is 1. The molecule has 2 heterocycles. The Hall–Kier alpha value is -1.59. The molecule has 0 saturated carbocycles. The zero-order valence-corrected chi connectivity index (χ0v) is 8.14. The van der Waals surface area contributed by atoms with E-state index in [1.807, 2.05) is 6.20 Å². The summed E-state index contributed by atoms with van der Waals surface area (Å²) in [5.41, 5.74) is 0. The van der Waals surface area contributed by atoms with Gasteiger partial charge < -0.3 is 10.6 Å². The summed E-state index contributed by atoms with van der Waals surface area (Å²) in [5.74, 6) is 0.887. The monoisotopic (exact) mass is 194 g/mol. The fourth-order valence-corrected chi connectivity index (χ4v) is 1.30. The van der Waals surface area contributed by atoms with Crippen molar-refractivity contribution >= 4 is 5.96 Å². The Morgan fingerprint density at radius 3 is 3.29 bits per heavy atom. The van der Waals surface area contributed by atoms with Crippen LogP contribution in [0.25, 0.3) is 0 Å². The van der Waals surface area contributed by atoms with Gasteiger partial charge in [-0.15, -0.1) is 5.10 Å². The first-order chi connectivity index (χ1) is 6.84. The third-order valence-electron chi connectivity index (χ3n) is 2.01. The molecule has 2 rings (SSSR count). The van der Waals surface area contributed by atoms with Crippen LogP contribution in [0.2, 0.25) is 0 Å². The molecule has 6 heteroatoms. The van der Waals surface area contributed by atoms with Crippen LogP contribution in [0.4, 0.5) is 0 Å². The average Bonchev–Trinajstić information content (AvgIpc) is 2.77. The van der Waals surface area contributed by atoms with E-state index in [9.17, 15) is 0 Å². The van der Waals surface area contributed by atoms with Gasteiger partial charge in [-0.1, -0.05) is 5.21 Å². The second kappa shape index (κ2) is 4.08. The third-order valence-corrected chi connectivity index (χ3v) is 2.01. The summed E-state index contributed by atoms with van der Waals surface area (Å²) < 4.78 is 1.78. The van der Waals surface area contributed by atoms with Crippen LogP contribution in [0.1, 0.15) is 6.92 Å². The predicted molar refractivity (Wildman–Crippen MR) is 52.9 cm³/mol. The Balaban J connectivity index is 1.69. The van der Waals surface area contributed by atoms with E-state index in [2.05, 4.69) is 32.9 Å². The van der Waals surface area contributed by atoms with Crippen LogP contribution in [0.5, 0.6) is 0 Å². The summed E-state index contributed by atoms with van der Waals surface area (Å²) in [6.07, 6.45) is 3.52. The minimum atomic E-state index is 0.448. The molecule has 0 aliphatic carbocycles. The first-order valence-electron chi connectivity index (χ1n) is 4.73. The normalized spacial score (nSPS) is 20.4. The molecule has 0 spiro atoms. The van der Waals surface area contributed by atoms with Crippen molar-refractivity contribution in [1.82, 2.24) is 25.6 Å². The summed E-state index contributed by atoms with van der Waals surface area (Å²) in [5, 5.41) is 14.0. The van der Waals surface area contributed by atoms with Crippen LogP contribution in [-0.4, -0.2) is 40.1 Å². The van der Waals surface area contributed by atoms with E-state index in [1.165, 1.54) is 0 Å². The molecular formula is C8H14N6. The van der Waals surface area contributed by atoms with Gasteiger partial charge in [-0.3, -0.25) is 9.67 Å². The molecule has 0 radical (unpaired) electrons. The molecule has 1 unspecified atom stereocenters. The van der Waals surface area contributed by atoms with Crippen molar-refractivity contribution in [1.29, 1.82) is 0 Å². The molecule has 2 N–H and O–H groups in total. The zero-order valence-electron chi connectivity index (χ0n) is 8.14. The molecule has 0 fully saturated rings. The lowest BCUT2D eigenvalue weighted by Crippen LogP contribution is -2.38. The molecular weight excluding hydrogens is 180 g/mol. The molecule has 0 bridgehead atoms. The maximum atomic E-state index is 4.28. The highest BCUT2D eigenvalue weighted by molar-refractivity contribution is 5.81. The van der Waals surface area contributed by atoms with E-state index in [0.717, 1.165) is 25.6 Å². The van der Waals surface area contributed by atoms with E-state index in [1.54, 1.807) is 10.9 Å². The van der Waals surface area contributed by atoms with Gasteiger partial charge in [-0.25, -0.2) is 0 Å². The summed E-state index contributed by atoms with van der Waals surface area (Å²) in [7, 11) is 0. The molecule has 0 aromatic carbocycles. The van der Waals surface area contributed by atoms with Gasteiger partial charge in [0.05, 0.1) is 19.3 Å². The lowest BCUT2D eigenvalue weighted by atomic mass is 10.4. The number of nitrogens with one attached hydrogen (secondary N) is 2. The van der Waals surface area contributed by atoms with Crippen molar-refractivity contribution in [3.8, 4) is 0 Å². The van der Waals surface area contributed by atoms with Crippen LogP contribution in [0, 0.1) is 0 Å². The van der Waals surface area contributed by atoms with Crippen molar-refractivity contribution in [2.24, 2.45) is 4.99 Å². The van der Waals surface area contributed by atoms with Gasteiger partial charge in [0.2, 0.25) is 0 Å². The van der Waals surface area contributed by atoms with E-state index < -0.39 is 0 Å². The standard InChI is InChI=1S/C8H14N6/c1-7-6-10-8(12-7)9-2-4-14-5-3-11-13-14/h3,5,7H,2,4,6H2,1H3,(H2,9,10,12). The van der Waals surface area contributed by atoms with Crippen molar-refractivity contribution in [3.05, 3.63) is 12.4 Å². The van der Waals surface area contributed by atoms with Crippen LogP contribution < -0.4 is 10.6 Å². The predicted octanol–water partition coefficient (Wildman–Crippen LogP) is -0.785. The fourth-order valence-electron chi connectivity index (χ4n) is 1.30. The van der Waals surface area contributed by atoms with Crippen LogP contribution in [-0.2, 0) is 6.54 Å². The quantitative estimate of drug-likeness (QED) is 0.662. The Labute approximate surface area is 82.4 Å². The molecule has 14 heavy (non-hydrogen) atoms. The van der Waals surface area contributed by atoms with Gasteiger partial charge in [-0.05, 0) is 6.92 Å². The maximum Gasteiger partial charge on any atom is 0.191 e. The summed E-state index contributed by atoms with van der Waals surface area (Å²) >= 11 is 0. The highest BCUT2D eigenvalue weighted by Gasteiger charge is 2.10.